The average molecular weight is 304 g/mol. The van der Waals surface area contributed by atoms with Gasteiger partial charge in [-0.25, -0.2) is 4.39 Å². The Balaban J connectivity index is 1.94. The number of piperidine rings is 1. The summed E-state index contributed by atoms with van der Waals surface area (Å²) in [5.41, 5.74) is 1.31. The van der Waals surface area contributed by atoms with Crippen LogP contribution in [0, 0.1) is 11.2 Å². The van der Waals surface area contributed by atoms with Crippen LogP contribution in [0.5, 0.6) is 0 Å². The molecule has 0 saturated carbocycles. The molecule has 1 saturated heterocycles. The molecule has 0 radical (unpaired) electrons. The number of aromatic nitrogens is 3. The van der Waals surface area contributed by atoms with Gasteiger partial charge in [-0.3, -0.25) is 4.79 Å². The minimum absolute atomic E-state index is 0.149. The number of benzene rings is 1. The molecule has 1 amide bonds. The highest BCUT2D eigenvalue weighted by Crippen LogP contribution is 2.37. The van der Waals surface area contributed by atoms with E-state index in [1.54, 1.807) is 0 Å². The van der Waals surface area contributed by atoms with E-state index in [0.717, 1.165) is 38.8 Å². The maximum Gasteiger partial charge on any atom is 0.256 e. The Labute approximate surface area is 128 Å². The molecule has 1 aromatic heterocycles. The van der Waals surface area contributed by atoms with Crippen molar-refractivity contribution in [1.29, 1.82) is 0 Å². The third-order valence-electron chi connectivity index (χ3n) is 5.07. The number of nitrogens with zero attached hydrogens (tertiary/aromatic N) is 3. The summed E-state index contributed by atoms with van der Waals surface area (Å²) >= 11 is 0. The van der Waals surface area contributed by atoms with Gasteiger partial charge in [0.1, 0.15) is 16.9 Å². The van der Waals surface area contributed by atoms with Gasteiger partial charge in [0.2, 0.25) is 0 Å². The zero-order chi connectivity index (χ0) is 15.7. The van der Waals surface area contributed by atoms with Crippen LogP contribution in [0.2, 0.25) is 0 Å². The van der Waals surface area contributed by atoms with Crippen molar-refractivity contribution in [1.82, 2.24) is 20.3 Å². The molecule has 22 heavy (non-hydrogen) atoms. The Hall–Kier alpha value is -1.98. The third-order valence-corrected chi connectivity index (χ3v) is 5.07. The topological polar surface area (TPSA) is 61.9 Å². The first kappa shape index (κ1) is 14.9. The van der Waals surface area contributed by atoms with E-state index in [4.69, 9.17) is 0 Å². The number of rotatable bonds is 3. The number of fused-ring (bicyclic) bond motifs is 1. The first-order chi connectivity index (χ1) is 10.6. The van der Waals surface area contributed by atoms with Crippen LogP contribution >= 0.6 is 0 Å². The predicted octanol–water partition coefficient (Wildman–Crippen LogP) is 3.14. The number of likely N-dealkylation sites (tertiary alicyclic amines) is 1. The van der Waals surface area contributed by atoms with Gasteiger partial charge in [-0.1, -0.05) is 13.8 Å². The molecular formula is C16H21FN4O. The minimum atomic E-state index is -0.459. The number of nitrogens with one attached hydrogen (secondary N) is 1. The Morgan fingerprint density at radius 2 is 2.14 bits per heavy atom. The standard InChI is InChI=1S/C16H21FN4O/c1-3-16(4-2)6-5-7-21(10-16)15(22)12-8-11(17)9-13-14(12)19-20-18-13/h8-9H,3-7,10H2,1-2H3,(H,18,19,20). The number of halogens is 1. The zero-order valence-electron chi connectivity index (χ0n) is 13.0. The van der Waals surface area contributed by atoms with E-state index in [2.05, 4.69) is 29.3 Å². The van der Waals surface area contributed by atoms with Crippen molar-refractivity contribution in [2.75, 3.05) is 13.1 Å². The van der Waals surface area contributed by atoms with E-state index in [1.807, 2.05) is 4.90 Å². The lowest BCUT2D eigenvalue weighted by Gasteiger charge is -2.42. The molecule has 1 aromatic carbocycles. The van der Waals surface area contributed by atoms with Gasteiger partial charge in [0, 0.05) is 19.2 Å². The molecule has 0 spiro atoms. The molecule has 3 rings (SSSR count). The molecule has 1 aliphatic heterocycles. The van der Waals surface area contributed by atoms with Gasteiger partial charge in [0.15, 0.2) is 0 Å². The average Bonchev–Trinajstić information content (AvgIpc) is 3.01. The second-order valence-corrected chi connectivity index (χ2v) is 6.18. The molecule has 0 bridgehead atoms. The molecule has 0 atom stereocenters. The number of aromatic amines is 1. The molecule has 1 N–H and O–H groups in total. The summed E-state index contributed by atoms with van der Waals surface area (Å²) in [7, 11) is 0. The van der Waals surface area contributed by atoms with Gasteiger partial charge in [-0.2, -0.15) is 15.4 Å². The van der Waals surface area contributed by atoms with Crippen LogP contribution in [0.15, 0.2) is 12.1 Å². The van der Waals surface area contributed by atoms with E-state index < -0.39 is 5.82 Å². The number of hydrogen-bond acceptors (Lipinski definition) is 3. The number of carbonyl (C=O) groups excluding carboxylic acids is 1. The summed E-state index contributed by atoms with van der Waals surface area (Å²) in [6, 6.07) is 2.55. The molecule has 1 fully saturated rings. The number of carbonyl (C=O) groups is 1. The van der Waals surface area contributed by atoms with Crippen LogP contribution in [-0.4, -0.2) is 39.3 Å². The Morgan fingerprint density at radius 1 is 1.36 bits per heavy atom. The normalized spacial score (nSPS) is 17.9. The van der Waals surface area contributed by atoms with Gasteiger partial charge in [0.25, 0.3) is 5.91 Å². The van der Waals surface area contributed by atoms with Crippen LogP contribution < -0.4 is 0 Å². The second-order valence-electron chi connectivity index (χ2n) is 6.18. The molecule has 118 valence electrons. The van der Waals surface area contributed by atoms with Crippen molar-refractivity contribution in [3.63, 3.8) is 0 Å². The van der Waals surface area contributed by atoms with E-state index >= 15 is 0 Å². The van der Waals surface area contributed by atoms with Gasteiger partial charge >= 0.3 is 0 Å². The second kappa shape index (κ2) is 5.66. The lowest BCUT2D eigenvalue weighted by molar-refractivity contribution is 0.0489. The number of amides is 1. The summed E-state index contributed by atoms with van der Waals surface area (Å²) in [5.74, 6) is -0.608. The summed E-state index contributed by atoms with van der Waals surface area (Å²) < 4.78 is 13.7. The lowest BCUT2D eigenvalue weighted by atomic mass is 9.75. The van der Waals surface area contributed by atoms with Crippen LogP contribution in [0.1, 0.15) is 49.9 Å². The SMILES string of the molecule is CCC1(CC)CCCN(C(=O)c2cc(F)cc3n[nH]nc23)C1. The van der Waals surface area contributed by atoms with Crippen LogP contribution in [0.4, 0.5) is 4.39 Å². The first-order valence-corrected chi connectivity index (χ1v) is 7.88. The first-order valence-electron chi connectivity index (χ1n) is 7.88. The minimum Gasteiger partial charge on any atom is -0.338 e. The lowest BCUT2D eigenvalue weighted by Crippen LogP contribution is -2.45. The largest absolute Gasteiger partial charge is 0.338 e. The molecule has 0 aliphatic carbocycles. The van der Waals surface area contributed by atoms with Gasteiger partial charge < -0.3 is 4.90 Å². The third kappa shape index (κ3) is 2.46. The highest BCUT2D eigenvalue weighted by Gasteiger charge is 2.35. The van der Waals surface area contributed by atoms with E-state index in [1.165, 1.54) is 12.1 Å². The molecule has 2 heterocycles. The van der Waals surface area contributed by atoms with E-state index in [0.29, 0.717) is 16.6 Å². The van der Waals surface area contributed by atoms with Crippen LogP contribution in [-0.2, 0) is 0 Å². The van der Waals surface area contributed by atoms with Crippen molar-refractivity contribution in [3.05, 3.63) is 23.5 Å². The van der Waals surface area contributed by atoms with Gasteiger partial charge in [-0.15, -0.1) is 0 Å². The fraction of sp³-hybridized carbons (Fsp3) is 0.562. The van der Waals surface area contributed by atoms with Crippen molar-refractivity contribution >= 4 is 16.9 Å². The number of H-pyrrole nitrogens is 1. The van der Waals surface area contributed by atoms with Crippen molar-refractivity contribution in [2.24, 2.45) is 5.41 Å². The van der Waals surface area contributed by atoms with Crippen molar-refractivity contribution in [2.45, 2.75) is 39.5 Å². The van der Waals surface area contributed by atoms with E-state index in [9.17, 15) is 9.18 Å². The maximum atomic E-state index is 13.7. The maximum absolute atomic E-state index is 13.7. The predicted molar refractivity (Wildman–Crippen MR) is 82.0 cm³/mol. The zero-order valence-corrected chi connectivity index (χ0v) is 13.0. The monoisotopic (exact) mass is 304 g/mol. The highest BCUT2D eigenvalue weighted by molar-refractivity contribution is 6.04. The molecule has 1 aliphatic rings. The van der Waals surface area contributed by atoms with Crippen LogP contribution in [0.3, 0.4) is 0 Å². The smallest absolute Gasteiger partial charge is 0.256 e. The van der Waals surface area contributed by atoms with Crippen molar-refractivity contribution in [3.8, 4) is 0 Å². The Morgan fingerprint density at radius 3 is 2.86 bits per heavy atom. The summed E-state index contributed by atoms with van der Waals surface area (Å²) in [5, 5.41) is 10.3. The molecule has 0 unspecified atom stereocenters. The molecule has 6 heteroatoms. The molecule has 2 aromatic rings. The summed E-state index contributed by atoms with van der Waals surface area (Å²) in [6.45, 7) is 5.80. The fourth-order valence-electron chi connectivity index (χ4n) is 3.46. The summed E-state index contributed by atoms with van der Waals surface area (Å²) in [4.78, 5) is 14.7. The Bertz CT molecular complexity index is 693. The molecule has 5 nitrogen and oxygen atoms in total. The van der Waals surface area contributed by atoms with E-state index in [-0.39, 0.29) is 11.3 Å². The highest BCUT2D eigenvalue weighted by atomic mass is 19.1. The number of hydrogen-bond donors (Lipinski definition) is 1. The van der Waals surface area contributed by atoms with Gasteiger partial charge in [0.05, 0.1) is 5.56 Å². The fourth-order valence-corrected chi connectivity index (χ4v) is 3.46. The van der Waals surface area contributed by atoms with Gasteiger partial charge in [-0.05, 0) is 37.2 Å². The quantitative estimate of drug-likeness (QED) is 0.947. The Kier molecular flexibility index (Phi) is 3.85. The molecular weight excluding hydrogens is 283 g/mol. The summed E-state index contributed by atoms with van der Waals surface area (Å²) in [6.07, 6.45) is 4.24. The van der Waals surface area contributed by atoms with Crippen molar-refractivity contribution < 1.29 is 9.18 Å². The van der Waals surface area contributed by atoms with Crippen LogP contribution in [0.25, 0.3) is 11.0 Å².